The lowest BCUT2D eigenvalue weighted by Gasteiger charge is -2.40. The van der Waals surface area contributed by atoms with Gasteiger partial charge in [0.25, 0.3) is 0 Å². The first kappa shape index (κ1) is 25.1. The van der Waals surface area contributed by atoms with E-state index >= 15 is 0 Å². The second-order valence-corrected chi connectivity index (χ2v) is 8.12. The molecule has 2 aliphatic carbocycles. The zero-order chi connectivity index (χ0) is 24.2. The van der Waals surface area contributed by atoms with Gasteiger partial charge < -0.3 is 39.7 Å². The molecular formula is C22H26O11. The van der Waals surface area contributed by atoms with Crippen molar-refractivity contribution < 1.29 is 54.1 Å². The second-order valence-electron chi connectivity index (χ2n) is 8.12. The van der Waals surface area contributed by atoms with Crippen LogP contribution in [0.15, 0.2) is 48.6 Å². The Hall–Kier alpha value is -2.51. The van der Waals surface area contributed by atoms with Gasteiger partial charge in [0.15, 0.2) is 17.9 Å². The Morgan fingerprint density at radius 2 is 1.42 bits per heavy atom. The molecule has 3 aliphatic rings. The quantitative estimate of drug-likeness (QED) is 0.249. The monoisotopic (exact) mass is 466 g/mol. The van der Waals surface area contributed by atoms with Crippen LogP contribution in [-0.2, 0) is 28.6 Å². The Balaban J connectivity index is 1.51. The maximum absolute atomic E-state index is 12.1. The minimum absolute atomic E-state index is 0.0142. The summed E-state index contributed by atoms with van der Waals surface area (Å²) in [5, 5.41) is 51.0. The van der Waals surface area contributed by atoms with Crippen molar-refractivity contribution in [2.75, 3.05) is 13.2 Å². The van der Waals surface area contributed by atoms with Crippen LogP contribution in [0.3, 0.4) is 0 Å². The fourth-order valence-electron chi connectivity index (χ4n) is 3.40. The van der Waals surface area contributed by atoms with E-state index in [1.807, 2.05) is 0 Å². The Morgan fingerprint density at radius 3 is 2.00 bits per heavy atom. The van der Waals surface area contributed by atoms with Gasteiger partial charge in [0.1, 0.15) is 42.2 Å². The van der Waals surface area contributed by atoms with Crippen molar-refractivity contribution in [2.45, 2.75) is 54.7 Å². The molecule has 0 aromatic carbocycles. The highest BCUT2D eigenvalue weighted by Gasteiger charge is 2.45. The van der Waals surface area contributed by atoms with Gasteiger partial charge in [-0.1, -0.05) is 0 Å². The van der Waals surface area contributed by atoms with Crippen molar-refractivity contribution in [3.05, 3.63) is 48.6 Å². The van der Waals surface area contributed by atoms with Gasteiger partial charge >= 0.3 is 5.97 Å². The van der Waals surface area contributed by atoms with Crippen LogP contribution in [0.2, 0.25) is 0 Å². The molecule has 0 saturated carbocycles. The van der Waals surface area contributed by atoms with Gasteiger partial charge in [-0.2, -0.15) is 0 Å². The SMILES string of the molecule is O=C1C=CC(O)(CCOC2OC(COC(=O)CC3(O)C=CC(=O)C=C3)C(O)C(O)C2O)C=C1. The number of hydrogen-bond acceptors (Lipinski definition) is 11. The average Bonchev–Trinajstić information content (AvgIpc) is 2.77. The Kier molecular flexibility index (Phi) is 7.75. The minimum Gasteiger partial charge on any atom is -0.463 e. The Morgan fingerprint density at radius 1 is 0.879 bits per heavy atom. The van der Waals surface area contributed by atoms with E-state index in [2.05, 4.69) is 0 Å². The first-order chi connectivity index (χ1) is 15.5. The smallest absolute Gasteiger partial charge is 0.309 e. The zero-order valence-corrected chi connectivity index (χ0v) is 17.5. The largest absolute Gasteiger partial charge is 0.463 e. The number of carbonyl (C=O) groups excluding carboxylic acids is 3. The molecular weight excluding hydrogens is 440 g/mol. The summed E-state index contributed by atoms with van der Waals surface area (Å²) in [6, 6.07) is 0. The molecule has 0 bridgehead atoms. The molecule has 1 heterocycles. The highest BCUT2D eigenvalue weighted by molar-refractivity contribution is 6.01. The van der Waals surface area contributed by atoms with Crippen molar-refractivity contribution in [1.29, 1.82) is 0 Å². The molecule has 0 aromatic heterocycles. The fraction of sp³-hybridized carbons (Fsp3) is 0.500. The standard InChI is InChI=1S/C22H26O11/c23-13-1-5-21(29,6-2-13)9-10-31-20-19(28)18(27)17(26)15(33-20)12-32-16(25)11-22(30)7-3-14(24)4-8-22/h1-8,15,17-20,26-30H,9-12H2. The number of aliphatic hydroxyl groups is 5. The van der Waals surface area contributed by atoms with Gasteiger partial charge in [0.05, 0.1) is 13.0 Å². The molecule has 5 unspecified atom stereocenters. The van der Waals surface area contributed by atoms with Crippen LogP contribution in [0.1, 0.15) is 12.8 Å². The predicted octanol–water partition coefficient (Wildman–Crippen LogP) is -2.01. The van der Waals surface area contributed by atoms with Crippen LogP contribution in [-0.4, -0.2) is 98.2 Å². The molecule has 1 fully saturated rings. The van der Waals surface area contributed by atoms with E-state index < -0.39 is 60.9 Å². The van der Waals surface area contributed by atoms with Crippen LogP contribution >= 0.6 is 0 Å². The van der Waals surface area contributed by atoms with Crippen molar-refractivity contribution in [3.63, 3.8) is 0 Å². The molecule has 0 radical (unpaired) electrons. The lowest BCUT2D eigenvalue weighted by molar-refractivity contribution is -0.302. The van der Waals surface area contributed by atoms with Crippen molar-refractivity contribution in [3.8, 4) is 0 Å². The molecule has 11 heteroatoms. The average molecular weight is 466 g/mol. The molecule has 0 aromatic rings. The number of hydrogen-bond donors (Lipinski definition) is 5. The summed E-state index contributed by atoms with van der Waals surface area (Å²) in [6.45, 7) is -0.648. The number of ether oxygens (including phenoxy) is 3. The number of rotatable bonds is 8. The third kappa shape index (κ3) is 6.51. The third-order valence-electron chi connectivity index (χ3n) is 5.43. The number of carbonyl (C=O) groups is 3. The van der Waals surface area contributed by atoms with Crippen LogP contribution < -0.4 is 0 Å². The molecule has 33 heavy (non-hydrogen) atoms. The fourth-order valence-corrected chi connectivity index (χ4v) is 3.40. The molecule has 5 N–H and O–H groups in total. The number of aliphatic hydroxyl groups excluding tert-OH is 3. The van der Waals surface area contributed by atoms with Gasteiger partial charge in [0.2, 0.25) is 0 Å². The highest BCUT2D eigenvalue weighted by Crippen LogP contribution is 2.25. The van der Waals surface area contributed by atoms with E-state index in [0.29, 0.717) is 0 Å². The summed E-state index contributed by atoms with van der Waals surface area (Å²) in [6.07, 6.45) is 1.59. The topological polar surface area (TPSA) is 180 Å². The summed E-state index contributed by atoms with van der Waals surface area (Å²) < 4.78 is 15.9. The van der Waals surface area contributed by atoms with Gasteiger partial charge in [-0.15, -0.1) is 0 Å². The maximum Gasteiger partial charge on any atom is 0.309 e. The molecule has 1 aliphatic heterocycles. The molecule has 180 valence electrons. The lowest BCUT2D eigenvalue weighted by Crippen LogP contribution is -2.59. The van der Waals surface area contributed by atoms with Crippen molar-refractivity contribution in [2.24, 2.45) is 0 Å². The molecule has 5 atom stereocenters. The van der Waals surface area contributed by atoms with Crippen molar-refractivity contribution >= 4 is 17.5 Å². The van der Waals surface area contributed by atoms with E-state index in [1.165, 1.54) is 24.3 Å². The maximum atomic E-state index is 12.1. The van der Waals surface area contributed by atoms with Crippen LogP contribution in [0, 0.1) is 0 Å². The van der Waals surface area contributed by atoms with E-state index in [-0.39, 0.29) is 24.6 Å². The first-order valence-corrected chi connectivity index (χ1v) is 10.3. The molecule has 0 spiro atoms. The third-order valence-corrected chi connectivity index (χ3v) is 5.43. The normalized spacial score (nSPS) is 32.2. The second kappa shape index (κ2) is 10.2. The van der Waals surface area contributed by atoms with E-state index in [4.69, 9.17) is 14.2 Å². The number of ketones is 2. The van der Waals surface area contributed by atoms with Gasteiger partial charge in [-0.05, 0) is 48.6 Å². The highest BCUT2D eigenvalue weighted by atomic mass is 16.7. The van der Waals surface area contributed by atoms with Crippen LogP contribution in [0.4, 0.5) is 0 Å². The van der Waals surface area contributed by atoms with E-state index in [1.54, 1.807) is 0 Å². The van der Waals surface area contributed by atoms with Crippen LogP contribution in [0.5, 0.6) is 0 Å². The summed E-state index contributed by atoms with van der Waals surface area (Å²) >= 11 is 0. The van der Waals surface area contributed by atoms with Crippen LogP contribution in [0.25, 0.3) is 0 Å². The molecule has 0 amide bonds. The number of esters is 1. The zero-order valence-electron chi connectivity index (χ0n) is 17.5. The van der Waals surface area contributed by atoms with E-state index in [9.17, 15) is 39.9 Å². The predicted molar refractivity (Wildman–Crippen MR) is 109 cm³/mol. The molecule has 3 rings (SSSR count). The van der Waals surface area contributed by atoms with Crippen molar-refractivity contribution in [1.82, 2.24) is 0 Å². The Labute approximate surface area is 188 Å². The summed E-state index contributed by atoms with van der Waals surface area (Å²) in [5.74, 6) is -1.46. The number of allylic oxidation sites excluding steroid dienone is 4. The summed E-state index contributed by atoms with van der Waals surface area (Å²) in [5.41, 5.74) is -3.11. The van der Waals surface area contributed by atoms with Gasteiger partial charge in [-0.25, -0.2) is 0 Å². The first-order valence-electron chi connectivity index (χ1n) is 10.3. The Bertz CT molecular complexity index is 855. The summed E-state index contributed by atoms with van der Waals surface area (Å²) in [4.78, 5) is 34.4. The van der Waals surface area contributed by atoms with E-state index in [0.717, 1.165) is 24.3 Å². The molecule has 1 saturated heterocycles. The van der Waals surface area contributed by atoms with Gasteiger partial charge in [-0.3, -0.25) is 14.4 Å². The van der Waals surface area contributed by atoms with Gasteiger partial charge in [0, 0.05) is 6.42 Å². The molecule has 11 nitrogen and oxygen atoms in total. The summed E-state index contributed by atoms with van der Waals surface area (Å²) in [7, 11) is 0. The minimum atomic E-state index is -1.69. The lowest BCUT2D eigenvalue weighted by atomic mass is 9.94.